The van der Waals surface area contributed by atoms with Gasteiger partial charge < -0.3 is 40.3 Å². The number of nitrogens with one attached hydrogen (secondary N) is 1. The summed E-state index contributed by atoms with van der Waals surface area (Å²) in [6.45, 7) is 3.64. The Morgan fingerprint density at radius 2 is 0.906 bits per heavy atom. The van der Waals surface area contributed by atoms with Crippen LogP contribution < -0.4 is 5.32 Å². The highest BCUT2D eigenvalue weighted by atomic mass is 16.7. The lowest BCUT2D eigenvalue weighted by atomic mass is 9.99. The minimum Gasteiger partial charge on any atom is -0.394 e. The molecule has 7 atom stereocenters. The SMILES string of the molecule is CC/C=C/CC/C=C/CC/C=C/C(O)C(COC1OC(CO)C(O)C(O)C1O)NC(=O)CCCCCCCCCCCCCCCCCCCCCCCCCCCCCCCCC. The standard InChI is InChI=1S/C55H103NO8/c1-3-5-7-9-11-13-15-16-17-18-19-20-21-22-23-24-25-26-27-28-29-30-31-32-33-34-35-37-39-41-43-45-51(59)56-48(47-63-55-54(62)53(61)52(60)50(46-57)64-55)49(58)44-42-40-38-36-14-12-10-8-6-4-2/h6,8,14,36,42,44,48-50,52-55,57-58,60-62H,3-5,7,9-13,15-35,37-41,43,45-47H2,1-2H3,(H,56,59)/b8-6+,36-14+,44-42+. The first kappa shape index (κ1) is 60.4. The van der Waals surface area contributed by atoms with E-state index in [0.717, 1.165) is 51.4 Å². The van der Waals surface area contributed by atoms with Gasteiger partial charge >= 0.3 is 0 Å². The highest BCUT2D eigenvalue weighted by molar-refractivity contribution is 5.76. The van der Waals surface area contributed by atoms with Gasteiger partial charge in [0.25, 0.3) is 0 Å². The zero-order valence-electron chi connectivity index (χ0n) is 41.5. The molecule has 9 heteroatoms. The lowest BCUT2D eigenvalue weighted by Gasteiger charge is -2.40. The fourth-order valence-electron chi connectivity index (χ4n) is 8.67. The number of hydrogen-bond donors (Lipinski definition) is 6. The molecule has 1 saturated heterocycles. The molecule has 0 saturated carbocycles. The second-order valence-corrected chi connectivity index (χ2v) is 19.0. The minimum absolute atomic E-state index is 0.190. The number of carbonyl (C=O) groups is 1. The van der Waals surface area contributed by atoms with E-state index in [2.05, 4.69) is 43.5 Å². The molecular weight excluding hydrogens is 803 g/mol. The zero-order valence-corrected chi connectivity index (χ0v) is 41.5. The summed E-state index contributed by atoms with van der Waals surface area (Å²) >= 11 is 0. The van der Waals surface area contributed by atoms with Gasteiger partial charge in [0.05, 0.1) is 25.4 Å². The third kappa shape index (κ3) is 34.7. The Labute approximate surface area is 393 Å². The van der Waals surface area contributed by atoms with E-state index in [4.69, 9.17) is 9.47 Å². The van der Waals surface area contributed by atoms with Crippen molar-refractivity contribution < 1.29 is 39.8 Å². The van der Waals surface area contributed by atoms with Gasteiger partial charge in [-0.1, -0.05) is 243 Å². The van der Waals surface area contributed by atoms with Gasteiger partial charge in [-0.2, -0.15) is 0 Å². The molecule has 6 N–H and O–H groups in total. The number of aliphatic hydroxyl groups excluding tert-OH is 5. The van der Waals surface area contributed by atoms with Crippen molar-refractivity contribution in [1.29, 1.82) is 0 Å². The molecule has 0 radical (unpaired) electrons. The van der Waals surface area contributed by atoms with Gasteiger partial charge in [0.15, 0.2) is 6.29 Å². The van der Waals surface area contributed by atoms with Gasteiger partial charge in [0, 0.05) is 6.42 Å². The average Bonchev–Trinajstić information content (AvgIpc) is 3.29. The third-order valence-electron chi connectivity index (χ3n) is 13.0. The Morgan fingerprint density at radius 3 is 1.30 bits per heavy atom. The number of amides is 1. The quantitative estimate of drug-likeness (QED) is 0.0261. The van der Waals surface area contributed by atoms with Crippen LogP contribution in [0.5, 0.6) is 0 Å². The number of ether oxygens (including phenoxy) is 2. The topological polar surface area (TPSA) is 149 Å². The molecule has 1 amide bonds. The summed E-state index contributed by atoms with van der Waals surface area (Å²) < 4.78 is 11.2. The van der Waals surface area contributed by atoms with Crippen LogP contribution in [0.25, 0.3) is 0 Å². The lowest BCUT2D eigenvalue weighted by molar-refractivity contribution is -0.302. The van der Waals surface area contributed by atoms with Crippen molar-refractivity contribution in [2.75, 3.05) is 13.2 Å². The van der Waals surface area contributed by atoms with E-state index in [1.54, 1.807) is 6.08 Å². The van der Waals surface area contributed by atoms with Crippen molar-refractivity contribution in [3.63, 3.8) is 0 Å². The molecule has 0 bridgehead atoms. The highest BCUT2D eigenvalue weighted by Gasteiger charge is 2.44. The zero-order chi connectivity index (χ0) is 46.6. The van der Waals surface area contributed by atoms with E-state index in [0.29, 0.717) is 6.42 Å². The first-order valence-corrected chi connectivity index (χ1v) is 27.2. The van der Waals surface area contributed by atoms with Crippen LogP contribution in [0.15, 0.2) is 36.5 Å². The molecule has 7 unspecified atom stereocenters. The Morgan fingerprint density at radius 1 is 0.531 bits per heavy atom. The van der Waals surface area contributed by atoms with E-state index >= 15 is 0 Å². The van der Waals surface area contributed by atoms with E-state index in [1.165, 1.54) is 180 Å². The summed E-state index contributed by atoms with van der Waals surface area (Å²) in [7, 11) is 0. The third-order valence-corrected chi connectivity index (χ3v) is 13.0. The van der Waals surface area contributed by atoms with Crippen molar-refractivity contribution in [1.82, 2.24) is 5.32 Å². The molecule has 1 heterocycles. The van der Waals surface area contributed by atoms with E-state index < -0.39 is 49.5 Å². The fourth-order valence-corrected chi connectivity index (χ4v) is 8.67. The molecule has 0 aliphatic carbocycles. The molecule has 0 aromatic carbocycles. The molecule has 0 spiro atoms. The van der Waals surface area contributed by atoms with Gasteiger partial charge in [-0.3, -0.25) is 4.79 Å². The van der Waals surface area contributed by atoms with Crippen LogP contribution in [0.4, 0.5) is 0 Å². The molecular formula is C55H103NO8. The molecule has 0 aromatic rings. The summed E-state index contributed by atoms with van der Waals surface area (Å²) in [4.78, 5) is 13.0. The molecule has 64 heavy (non-hydrogen) atoms. The summed E-state index contributed by atoms with van der Waals surface area (Å²) in [6.07, 6.45) is 51.1. The van der Waals surface area contributed by atoms with Gasteiger partial charge in [0.1, 0.15) is 24.4 Å². The van der Waals surface area contributed by atoms with Crippen LogP contribution >= 0.6 is 0 Å². The van der Waals surface area contributed by atoms with Crippen LogP contribution in [0.3, 0.4) is 0 Å². The van der Waals surface area contributed by atoms with E-state index in [9.17, 15) is 30.3 Å². The molecule has 0 aromatic heterocycles. The summed E-state index contributed by atoms with van der Waals surface area (Å²) in [5.74, 6) is -0.190. The van der Waals surface area contributed by atoms with Crippen LogP contribution in [-0.2, 0) is 14.3 Å². The average molecular weight is 906 g/mol. The normalized spacial score (nSPS) is 20.3. The lowest BCUT2D eigenvalue weighted by Crippen LogP contribution is -2.60. The molecule has 1 rings (SSSR count). The second kappa shape index (κ2) is 45.2. The maximum Gasteiger partial charge on any atom is 0.220 e. The Hall–Kier alpha value is -1.59. The summed E-state index contributed by atoms with van der Waals surface area (Å²) in [5, 5.41) is 54.1. The van der Waals surface area contributed by atoms with E-state index in [1.807, 2.05) is 6.08 Å². The van der Waals surface area contributed by atoms with Crippen molar-refractivity contribution >= 4 is 5.91 Å². The number of aliphatic hydroxyl groups is 5. The van der Waals surface area contributed by atoms with Crippen LogP contribution in [0, 0.1) is 0 Å². The monoisotopic (exact) mass is 906 g/mol. The maximum atomic E-state index is 13.0. The fraction of sp³-hybridized carbons (Fsp3) is 0.873. The molecule has 1 aliphatic heterocycles. The number of hydrogen-bond acceptors (Lipinski definition) is 8. The number of carbonyl (C=O) groups excluding carboxylic acids is 1. The second-order valence-electron chi connectivity index (χ2n) is 19.0. The van der Waals surface area contributed by atoms with Gasteiger partial charge in [-0.15, -0.1) is 0 Å². The predicted octanol–water partition coefficient (Wildman–Crippen LogP) is 12.8. The first-order valence-electron chi connectivity index (χ1n) is 27.2. The minimum atomic E-state index is -1.57. The number of rotatable bonds is 46. The molecule has 1 fully saturated rings. The summed E-state index contributed by atoms with van der Waals surface area (Å²) in [6, 6.07) is -0.824. The predicted molar refractivity (Wildman–Crippen MR) is 267 cm³/mol. The molecule has 9 nitrogen and oxygen atoms in total. The maximum absolute atomic E-state index is 13.0. The Balaban J connectivity index is 2.09. The van der Waals surface area contributed by atoms with Gasteiger partial charge in [-0.05, 0) is 38.5 Å². The van der Waals surface area contributed by atoms with Gasteiger partial charge in [0.2, 0.25) is 5.91 Å². The Kier molecular flexibility index (Phi) is 42.7. The Bertz CT molecular complexity index is 1100. The van der Waals surface area contributed by atoms with Crippen LogP contribution in [0.2, 0.25) is 0 Å². The van der Waals surface area contributed by atoms with Crippen molar-refractivity contribution in [2.24, 2.45) is 0 Å². The molecule has 1 aliphatic rings. The first-order chi connectivity index (χ1) is 31.3. The van der Waals surface area contributed by atoms with Crippen molar-refractivity contribution in [2.45, 2.75) is 294 Å². The summed E-state index contributed by atoms with van der Waals surface area (Å²) in [5.41, 5.74) is 0. The molecule has 376 valence electrons. The number of allylic oxidation sites excluding steroid dienone is 5. The van der Waals surface area contributed by atoms with Crippen LogP contribution in [0.1, 0.15) is 251 Å². The highest BCUT2D eigenvalue weighted by Crippen LogP contribution is 2.23. The van der Waals surface area contributed by atoms with Crippen molar-refractivity contribution in [3.8, 4) is 0 Å². The smallest absolute Gasteiger partial charge is 0.220 e. The van der Waals surface area contributed by atoms with Crippen molar-refractivity contribution in [3.05, 3.63) is 36.5 Å². The largest absolute Gasteiger partial charge is 0.394 e. The number of unbranched alkanes of at least 4 members (excludes halogenated alkanes) is 32. The van der Waals surface area contributed by atoms with E-state index in [-0.39, 0.29) is 12.5 Å². The van der Waals surface area contributed by atoms with Gasteiger partial charge in [-0.25, -0.2) is 0 Å². The van der Waals surface area contributed by atoms with Crippen LogP contribution in [-0.4, -0.2) is 87.5 Å².